The number of hydrogen-bond donors (Lipinski definition) is 0. The summed E-state index contributed by atoms with van der Waals surface area (Å²) in [7, 11) is 1.63. The maximum absolute atomic E-state index is 13.3. The Morgan fingerprint density at radius 1 is 0.861 bits per heavy atom. The van der Waals surface area contributed by atoms with E-state index in [2.05, 4.69) is 15.2 Å². The SMILES string of the molecule is COc1ccc(-c2cnn3c(=O)n(Cc4ccc(-c5ccno5)cc4)nc3c2-c2ccncc2)cc1. The van der Waals surface area contributed by atoms with E-state index in [0.717, 1.165) is 39.1 Å². The Morgan fingerprint density at radius 3 is 2.31 bits per heavy atom. The lowest BCUT2D eigenvalue weighted by molar-refractivity contribution is 0.415. The Balaban J connectivity index is 1.45. The van der Waals surface area contributed by atoms with Crippen molar-refractivity contribution in [2.24, 2.45) is 0 Å². The summed E-state index contributed by atoms with van der Waals surface area (Å²) in [5, 5.41) is 12.9. The standard InChI is InChI=1S/C27H20N6O3/c1-35-22-8-6-19(7-9-22)23-16-29-33-26(25(23)21-10-13-28-14-11-21)31-32(27(33)34)17-18-2-4-20(5-3-18)24-12-15-30-36-24/h2-16H,17H2,1H3. The van der Waals surface area contributed by atoms with Crippen LogP contribution in [-0.4, -0.2) is 36.6 Å². The minimum Gasteiger partial charge on any atom is -0.497 e. The van der Waals surface area contributed by atoms with Crippen LogP contribution in [0.15, 0.2) is 101 Å². The van der Waals surface area contributed by atoms with Gasteiger partial charge in [0.2, 0.25) is 0 Å². The summed E-state index contributed by atoms with van der Waals surface area (Å²) in [5.74, 6) is 1.44. The van der Waals surface area contributed by atoms with Crippen LogP contribution in [0.25, 0.3) is 39.2 Å². The Morgan fingerprint density at radius 2 is 1.61 bits per heavy atom. The van der Waals surface area contributed by atoms with Gasteiger partial charge in [-0.25, -0.2) is 9.48 Å². The zero-order chi connectivity index (χ0) is 24.5. The van der Waals surface area contributed by atoms with E-state index in [1.165, 1.54) is 9.20 Å². The zero-order valence-electron chi connectivity index (χ0n) is 19.3. The van der Waals surface area contributed by atoms with E-state index < -0.39 is 0 Å². The first-order valence-electron chi connectivity index (χ1n) is 11.2. The maximum atomic E-state index is 13.3. The molecular formula is C27H20N6O3. The lowest BCUT2D eigenvalue weighted by atomic mass is 9.97. The molecule has 36 heavy (non-hydrogen) atoms. The third-order valence-electron chi connectivity index (χ3n) is 5.99. The van der Waals surface area contributed by atoms with Crippen molar-refractivity contribution in [2.75, 3.05) is 7.11 Å². The fourth-order valence-corrected chi connectivity index (χ4v) is 4.17. The van der Waals surface area contributed by atoms with Crippen molar-refractivity contribution >= 4 is 5.65 Å². The van der Waals surface area contributed by atoms with E-state index in [9.17, 15) is 4.79 Å². The van der Waals surface area contributed by atoms with Crippen LogP contribution < -0.4 is 10.4 Å². The number of rotatable bonds is 6. The zero-order valence-corrected chi connectivity index (χ0v) is 19.3. The highest BCUT2D eigenvalue weighted by Gasteiger charge is 2.19. The Kier molecular flexibility index (Phi) is 5.34. The van der Waals surface area contributed by atoms with Crippen LogP contribution in [-0.2, 0) is 6.54 Å². The summed E-state index contributed by atoms with van der Waals surface area (Å²) >= 11 is 0. The normalized spacial score (nSPS) is 11.1. The molecule has 0 amide bonds. The van der Waals surface area contributed by atoms with Crippen molar-refractivity contribution in [3.8, 4) is 39.3 Å². The molecule has 0 N–H and O–H groups in total. The first-order chi connectivity index (χ1) is 17.7. The number of aromatic nitrogens is 6. The minimum atomic E-state index is -0.319. The molecule has 6 aromatic rings. The minimum absolute atomic E-state index is 0.298. The second-order valence-corrected chi connectivity index (χ2v) is 8.15. The van der Waals surface area contributed by atoms with E-state index in [0.29, 0.717) is 18.0 Å². The second-order valence-electron chi connectivity index (χ2n) is 8.15. The number of ether oxygens (including phenoxy) is 1. The van der Waals surface area contributed by atoms with Crippen LogP contribution >= 0.6 is 0 Å². The first kappa shape index (κ1) is 21.5. The molecule has 0 bridgehead atoms. The van der Waals surface area contributed by atoms with Crippen molar-refractivity contribution in [3.63, 3.8) is 0 Å². The molecule has 4 aromatic heterocycles. The molecule has 0 saturated heterocycles. The highest BCUT2D eigenvalue weighted by Crippen LogP contribution is 2.34. The molecule has 176 valence electrons. The van der Waals surface area contributed by atoms with Gasteiger partial charge in [0.15, 0.2) is 11.4 Å². The van der Waals surface area contributed by atoms with Gasteiger partial charge in [-0.1, -0.05) is 41.6 Å². The summed E-state index contributed by atoms with van der Waals surface area (Å²) in [6, 6.07) is 21.0. The fraction of sp³-hybridized carbons (Fsp3) is 0.0741. The number of fused-ring (bicyclic) bond motifs is 1. The lowest BCUT2D eigenvalue weighted by Crippen LogP contribution is -2.22. The second kappa shape index (κ2) is 8.95. The largest absolute Gasteiger partial charge is 0.497 e. The number of pyridine rings is 1. The Hall–Kier alpha value is -5.05. The van der Waals surface area contributed by atoms with Gasteiger partial charge in [-0.2, -0.15) is 9.61 Å². The number of benzene rings is 2. The molecule has 0 fully saturated rings. The third-order valence-corrected chi connectivity index (χ3v) is 5.99. The molecule has 0 saturated carbocycles. The number of hydrogen-bond acceptors (Lipinski definition) is 7. The Bertz CT molecular complexity index is 1690. The molecule has 0 spiro atoms. The monoisotopic (exact) mass is 476 g/mol. The van der Waals surface area contributed by atoms with E-state index in [-0.39, 0.29) is 5.69 Å². The van der Waals surface area contributed by atoms with Crippen molar-refractivity contribution in [1.82, 2.24) is 29.5 Å². The van der Waals surface area contributed by atoms with E-state index in [1.807, 2.05) is 60.7 Å². The summed E-state index contributed by atoms with van der Waals surface area (Å²) in [6.45, 7) is 0.298. The van der Waals surface area contributed by atoms with Gasteiger partial charge >= 0.3 is 5.69 Å². The van der Waals surface area contributed by atoms with Crippen LogP contribution in [0.5, 0.6) is 5.75 Å². The average Bonchev–Trinajstić information content (AvgIpc) is 3.58. The van der Waals surface area contributed by atoms with E-state index in [1.54, 1.807) is 38.0 Å². The van der Waals surface area contributed by atoms with Crippen molar-refractivity contribution in [3.05, 3.63) is 108 Å². The highest BCUT2D eigenvalue weighted by molar-refractivity contribution is 5.91. The smallest absolute Gasteiger partial charge is 0.367 e. The first-order valence-corrected chi connectivity index (χ1v) is 11.2. The van der Waals surface area contributed by atoms with Gasteiger partial charge in [0.1, 0.15) is 5.75 Å². The molecule has 4 heterocycles. The van der Waals surface area contributed by atoms with Crippen molar-refractivity contribution in [2.45, 2.75) is 6.54 Å². The molecule has 0 aliphatic heterocycles. The molecule has 9 heteroatoms. The average molecular weight is 476 g/mol. The van der Waals surface area contributed by atoms with Gasteiger partial charge in [-0.15, -0.1) is 5.10 Å². The van der Waals surface area contributed by atoms with E-state index >= 15 is 0 Å². The fourth-order valence-electron chi connectivity index (χ4n) is 4.17. The van der Waals surface area contributed by atoms with Gasteiger partial charge in [0, 0.05) is 35.2 Å². The molecule has 6 rings (SSSR count). The molecule has 0 aliphatic carbocycles. The van der Waals surface area contributed by atoms with Gasteiger partial charge in [-0.3, -0.25) is 4.98 Å². The van der Waals surface area contributed by atoms with Gasteiger partial charge in [0.25, 0.3) is 0 Å². The van der Waals surface area contributed by atoms with Gasteiger partial charge in [0.05, 0.1) is 26.0 Å². The van der Waals surface area contributed by atoms with Crippen LogP contribution in [0.2, 0.25) is 0 Å². The van der Waals surface area contributed by atoms with Crippen molar-refractivity contribution in [1.29, 1.82) is 0 Å². The summed E-state index contributed by atoms with van der Waals surface area (Å²) < 4.78 is 13.3. The Labute approximate surface area is 205 Å². The van der Waals surface area contributed by atoms with Crippen molar-refractivity contribution < 1.29 is 9.26 Å². The molecule has 0 radical (unpaired) electrons. The lowest BCUT2D eigenvalue weighted by Gasteiger charge is -2.11. The number of methoxy groups -OCH3 is 1. The summed E-state index contributed by atoms with van der Waals surface area (Å²) in [6.07, 6.45) is 6.74. The predicted octanol–water partition coefficient (Wildman–Crippen LogP) is 4.33. The molecule has 2 aromatic carbocycles. The van der Waals surface area contributed by atoms with Crippen LogP contribution in [0, 0.1) is 0 Å². The van der Waals surface area contributed by atoms with Crippen LogP contribution in [0.1, 0.15) is 5.56 Å². The molecule has 0 aliphatic rings. The van der Waals surface area contributed by atoms with Crippen LogP contribution in [0.4, 0.5) is 0 Å². The maximum Gasteiger partial charge on any atom is 0.367 e. The molecule has 9 nitrogen and oxygen atoms in total. The number of nitrogens with zero attached hydrogens (tertiary/aromatic N) is 6. The molecular weight excluding hydrogens is 456 g/mol. The quantitative estimate of drug-likeness (QED) is 0.353. The highest BCUT2D eigenvalue weighted by atomic mass is 16.5. The van der Waals surface area contributed by atoms with Crippen LogP contribution in [0.3, 0.4) is 0 Å². The predicted molar refractivity (Wildman–Crippen MR) is 134 cm³/mol. The van der Waals surface area contributed by atoms with Gasteiger partial charge in [-0.05, 0) is 41.0 Å². The summed E-state index contributed by atoms with van der Waals surface area (Å²) in [5.41, 5.74) is 5.45. The molecule has 0 unspecified atom stereocenters. The topological polar surface area (TPSA) is 100 Å². The van der Waals surface area contributed by atoms with Gasteiger partial charge < -0.3 is 9.26 Å². The van der Waals surface area contributed by atoms with E-state index in [4.69, 9.17) is 14.4 Å². The summed E-state index contributed by atoms with van der Waals surface area (Å²) in [4.78, 5) is 17.4. The molecule has 0 atom stereocenters. The third kappa shape index (κ3) is 3.82.